The lowest BCUT2D eigenvalue weighted by Gasteiger charge is -2.13. The fourth-order valence-electron chi connectivity index (χ4n) is 1.56. The average molecular weight is 253 g/mol. The van der Waals surface area contributed by atoms with Crippen molar-refractivity contribution in [1.82, 2.24) is 9.97 Å². The highest BCUT2D eigenvalue weighted by Crippen LogP contribution is 2.19. The average Bonchev–Trinajstić information content (AvgIpc) is 2.40. The van der Waals surface area contributed by atoms with E-state index >= 15 is 0 Å². The lowest BCUT2D eigenvalue weighted by molar-refractivity contribution is 0.147. The van der Waals surface area contributed by atoms with Gasteiger partial charge in [-0.3, -0.25) is 0 Å². The molecule has 0 aromatic carbocycles. The number of nitrogens with one attached hydrogen (secondary N) is 2. The molecule has 0 aliphatic carbocycles. The molecule has 1 heterocycles. The molecule has 0 atom stereocenters. The van der Waals surface area contributed by atoms with Crippen LogP contribution in [0.4, 0.5) is 11.6 Å². The second-order valence-corrected chi connectivity index (χ2v) is 3.94. The maximum absolute atomic E-state index is 5.45. The first-order valence-corrected chi connectivity index (χ1v) is 6.38. The molecule has 18 heavy (non-hydrogen) atoms. The first-order valence-electron chi connectivity index (χ1n) is 6.38. The molecule has 0 unspecified atom stereocenters. The maximum atomic E-state index is 5.45. The lowest BCUT2D eigenvalue weighted by atomic mass is 10.3. The Labute approximate surface area is 108 Å². The highest BCUT2D eigenvalue weighted by Gasteiger charge is 2.08. The van der Waals surface area contributed by atoms with E-state index in [4.69, 9.17) is 10.6 Å². The van der Waals surface area contributed by atoms with Gasteiger partial charge >= 0.3 is 0 Å². The first-order chi connectivity index (χ1) is 8.72. The van der Waals surface area contributed by atoms with Gasteiger partial charge in [0.1, 0.15) is 17.5 Å². The van der Waals surface area contributed by atoms with Gasteiger partial charge in [-0.05, 0) is 20.3 Å². The van der Waals surface area contributed by atoms with Crippen molar-refractivity contribution in [2.45, 2.75) is 33.6 Å². The number of hydrazine groups is 1. The molecule has 6 nitrogen and oxygen atoms in total. The zero-order chi connectivity index (χ0) is 13.4. The summed E-state index contributed by atoms with van der Waals surface area (Å²) in [5.74, 6) is 7.74. The third-order valence-corrected chi connectivity index (χ3v) is 2.61. The second-order valence-electron chi connectivity index (χ2n) is 3.94. The fourth-order valence-corrected chi connectivity index (χ4v) is 1.56. The Kier molecular flexibility index (Phi) is 6.38. The molecule has 0 spiro atoms. The van der Waals surface area contributed by atoms with Gasteiger partial charge < -0.3 is 15.5 Å². The van der Waals surface area contributed by atoms with Crippen LogP contribution < -0.4 is 16.6 Å². The number of nitrogens with zero attached hydrogens (tertiary/aromatic N) is 2. The van der Waals surface area contributed by atoms with Crippen molar-refractivity contribution in [3.8, 4) is 0 Å². The molecule has 0 aliphatic heterocycles. The lowest BCUT2D eigenvalue weighted by Crippen LogP contribution is -2.15. The van der Waals surface area contributed by atoms with E-state index in [9.17, 15) is 0 Å². The fraction of sp³-hybridized carbons (Fsp3) is 0.667. The number of aryl methyl sites for hydroxylation is 1. The Morgan fingerprint density at radius 1 is 1.22 bits per heavy atom. The standard InChI is InChI=1S/C12H23N5O/c1-4-10-15-11(9(3)12(16-10)17-13)14-7-6-8-18-5-2/h4-8,13H2,1-3H3,(H2,14,15,16,17). The molecule has 1 rings (SSSR count). The molecule has 0 bridgehead atoms. The van der Waals surface area contributed by atoms with E-state index in [0.29, 0.717) is 5.82 Å². The Bertz CT molecular complexity index is 370. The number of hydrogen-bond donors (Lipinski definition) is 3. The normalized spacial score (nSPS) is 10.4. The summed E-state index contributed by atoms with van der Waals surface area (Å²) in [5, 5.41) is 3.29. The van der Waals surface area contributed by atoms with Crippen molar-refractivity contribution >= 4 is 11.6 Å². The van der Waals surface area contributed by atoms with Crippen molar-refractivity contribution in [3.63, 3.8) is 0 Å². The summed E-state index contributed by atoms with van der Waals surface area (Å²) in [5.41, 5.74) is 3.54. The molecule has 102 valence electrons. The second kappa shape index (κ2) is 7.84. The summed E-state index contributed by atoms with van der Waals surface area (Å²) in [6, 6.07) is 0. The van der Waals surface area contributed by atoms with Gasteiger partial charge in [0.05, 0.1) is 0 Å². The van der Waals surface area contributed by atoms with E-state index in [1.165, 1.54) is 0 Å². The highest BCUT2D eigenvalue weighted by atomic mass is 16.5. The van der Waals surface area contributed by atoms with E-state index in [2.05, 4.69) is 20.7 Å². The summed E-state index contributed by atoms with van der Waals surface area (Å²) >= 11 is 0. The molecular weight excluding hydrogens is 230 g/mol. The van der Waals surface area contributed by atoms with Crippen molar-refractivity contribution in [2.24, 2.45) is 5.84 Å². The van der Waals surface area contributed by atoms with Crippen LogP contribution in [-0.2, 0) is 11.2 Å². The minimum Gasteiger partial charge on any atom is -0.382 e. The van der Waals surface area contributed by atoms with Crippen LogP contribution in [0.5, 0.6) is 0 Å². The molecule has 0 saturated carbocycles. The van der Waals surface area contributed by atoms with E-state index < -0.39 is 0 Å². The SMILES string of the molecule is CCOCCCNc1nc(CC)nc(NN)c1C. The van der Waals surface area contributed by atoms with Gasteiger partial charge in [-0.15, -0.1) is 0 Å². The summed E-state index contributed by atoms with van der Waals surface area (Å²) in [4.78, 5) is 8.77. The van der Waals surface area contributed by atoms with Gasteiger partial charge in [0, 0.05) is 31.7 Å². The van der Waals surface area contributed by atoms with Crippen LogP contribution in [0.2, 0.25) is 0 Å². The molecule has 0 radical (unpaired) electrons. The maximum Gasteiger partial charge on any atom is 0.148 e. The third-order valence-electron chi connectivity index (χ3n) is 2.61. The molecule has 6 heteroatoms. The number of nitrogen functional groups attached to an aromatic ring is 1. The van der Waals surface area contributed by atoms with Gasteiger partial charge in [0.2, 0.25) is 0 Å². The highest BCUT2D eigenvalue weighted by molar-refractivity contribution is 5.56. The number of aromatic nitrogens is 2. The van der Waals surface area contributed by atoms with Gasteiger partial charge in [-0.1, -0.05) is 6.92 Å². The van der Waals surface area contributed by atoms with Crippen LogP contribution in [0, 0.1) is 6.92 Å². The topological polar surface area (TPSA) is 85.1 Å². The monoisotopic (exact) mass is 253 g/mol. The molecule has 0 aliphatic rings. The van der Waals surface area contributed by atoms with Crippen molar-refractivity contribution < 1.29 is 4.74 Å². The summed E-state index contributed by atoms with van der Waals surface area (Å²) in [6.45, 7) is 8.30. The Hall–Kier alpha value is -1.40. The van der Waals surface area contributed by atoms with Crippen LogP contribution in [0.15, 0.2) is 0 Å². The number of rotatable bonds is 8. The van der Waals surface area contributed by atoms with E-state index in [1.54, 1.807) is 0 Å². The number of nitrogens with two attached hydrogens (primary N) is 1. The van der Waals surface area contributed by atoms with E-state index in [1.807, 2.05) is 20.8 Å². The quantitative estimate of drug-likeness (QED) is 0.369. The van der Waals surface area contributed by atoms with Crippen LogP contribution in [-0.4, -0.2) is 29.7 Å². The predicted molar refractivity (Wildman–Crippen MR) is 73.6 cm³/mol. The summed E-state index contributed by atoms with van der Waals surface area (Å²) in [7, 11) is 0. The molecule has 1 aromatic heterocycles. The summed E-state index contributed by atoms with van der Waals surface area (Å²) < 4.78 is 5.29. The molecule has 0 fully saturated rings. The van der Waals surface area contributed by atoms with Gasteiger partial charge in [0.25, 0.3) is 0 Å². The van der Waals surface area contributed by atoms with Crippen molar-refractivity contribution in [3.05, 3.63) is 11.4 Å². The molecule has 4 N–H and O–H groups in total. The minimum atomic E-state index is 0.675. The largest absolute Gasteiger partial charge is 0.382 e. The Morgan fingerprint density at radius 3 is 2.56 bits per heavy atom. The number of ether oxygens (including phenoxy) is 1. The van der Waals surface area contributed by atoms with Gasteiger partial charge in [-0.25, -0.2) is 15.8 Å². The van der Waals surface area contributed by atoms with Crippen LogP contribution in [0.1, 0.15) is 31.7 Å². The number of hydrogen-bond acceptors (Lipinski definition) is 6. The molecule has 1 aromatic rings. The van der Waals surface area contributed by atoms with Crippen molar-refractivity contribution in [1.29, 1.82) is 0 Å². The van der Waals surface area contributed by atoms with Gasteiger partial charge in [0.15, 0.2) is 0 Å². The van der Waals surface area contributed by atoms with Crippen LogP contribution >= 0.6 is 0 Å². The van der Waals surface area contributed by atoms with E-state index in [0.717, 1.165) is 49.8 Å². The van der Waals surface area contributed by atoms with Crippen LogP contribution in [0.3, 0.4) is 0 Å². The first kappa shape index (κ1) is 14.7. The van der Waals surface area contributed by atoms with E-state index in [-0.39, 0.29) is 0 Å². The molecular formula is C12H23N5O. The Balaban J connectivity index is 2.63. The predicted octanol–water partition coefficient (Wildman–Crippen LogP) is 1.47. The summed E-state index contributed by atoms with van der Waals surface area (Å²) in [6.07, 6.45) is 1.73. The number of anilines is 2. The van der Waals surface area contributed by atoms with Gasteiger partial charge in [-0.2, -0.15) is 0 Å². The smallest absolute Gasteiger partial charge is 0.148 e. The molecule has 0 amide bonds. The Morgan fingerprint density at radius 2 is 1.94 bits per heavy atom. The zero-order valence-electron chi connectivity index (χ0n) is 11.4. The third kappa shape index (κ3) is 4.12. The van der Waals surface area contributed by atoms with Crippen LogP contribution in [0.25, 0.3) is 0 Å². The zero-order valence-corrected chi connectivity index (χ0v) is 11.4. The molecule has 0 saturated heterocycles. The minimum absolute atomic E-state index is 0.675. The van der Waals surface area contributed by atoms with Crippen molar-refractivity contribution in [2.75, 3.05) is 30.5 Å².